The van der Waals surface area contributed by atoms with Gasteiger partial charge in [0.25, 0.3) is 5.91 Å². The van der Waals surface area contributed by atoms with Gasteiger partial charge >= 0.3 is 0 Å². The van der Waals surface area contributed by atoms with E-state index in [1.807, 2.05) is 12.1 Å². The first-order valence-electron chi connectivity index (χ1n) is 7.08. The lowest BCUT2D eigenvalue weighted by molar-refractivity contribution is 0.0963. The average Bonchev–Trinajstić information content (AvgIpc) is 2.48. The Morgan fingerprint density at radius 1 is 1.15 bits per heavy atom. The van der Waals surface area contributed by atoms with Crippen LogP contribution in [0.25, 0.3) is 0 Å². The molecular weight excluding hydrogens is 270 g/mol. The molecule has 1 amide bonds. The Morgan fingerprint density at radius 3 is 2.40 bits per heavy atom. The number of carbonyl (C=O) groups excluding carboxylic acids is 1. The predicted octanol–water partition coefficient (Wildman–Crippen LogP) is 2.67. The number of carbonyl (C=O) groups is 1. The molecule has 4 nitrogen and oxygen atoms in total. The van der Waals surface area contributed by atoms with Crippen molar-refractivity contribution in [3.63, 3.8) is 0 Å². The van der Waals surface area contributed by atoms with Crippen LogP contribution in [0.3, 0.4) is 0 Å². The molecule has 0 bridgehead atoms. The van der Waals surface area contributed by atoms with Crippen LogP contribution in [0.5, 0.6) is 0 Å². The van der Waals surface area contributed by atoms with Gasteiger partial charge in [-0.25, -0.2) is 0 Å². The third-order valence-electron chi connectivity index (χ3n) is 3.57. The normalized spacial score (nSPS) is 15.4. The van der Waals surface area contributed by atoms with Crippen molar-refractivity contribution in [1.82, 2.24) is 10.6 Å². The third kappa shape index (κ3) is 4.20. The number of amides is 1. The Balaban J connectivity index is 1.85. The summed E-state index contributed by atoms with van der Waals surface area (Å²) in [5.41, 5.74) is 1.54. The van der Waals surface area contributed by atoms with E-state index in [0.29, 0.717) is 16.7 Å². The standard InChI is InChI=1S/C15H21N3OS/c1-16-14(19)11-7-9-13(10-8-11)18-15(20)17-12-5-3-2-4-6-12/h7-10,12H,2-6H2,1H3,(H,16,19)(H2,17,18,20). The van der Waals surface area contributed by atoms with E-state index in [1.54, 1.807) is 19.2 Å². The molecule has 0 atom stereocenters. The smallest absolute Gasteiger partial charge is 0.251 e. The minimum atomic E-state index is -0.0838. The summed E-state index contributed by atoms with van der Waals surface area (Å²) < 4.78 is 0. The van der Waals surface area contributed by atoms with Gasteiger partial charge in [0.1, 0.15) is 0 Å². The van der Waals surface area contributed by atoms with Crippen LogP contribution >= 0.6 is 12.2 Å². The molecule has 1 aliphatic carbocycles. The van der Waals surface area contributed by atoms with Crippen molar-refractivity contribution < 1.29 is 4.79 Å². The molecule has 3 N–H and O–H groups in total. The van der Waals surface area contributed by atoms with Crippen LogP contribution in [0.15, 0.2) is 24.3 Å². The third-order valence-corrected chi connectivity index (χ3v) is 3.79. The van der Waals surface area contributed by atoms with Gasteiger partial charge in [-0.1, -0.05) is 19.3 Å². The quantitative estimate of drug-likeness (QED) is 0.750. The highest BCUT2D eigenvalue weighted by molar-refractivity contribution is 7.80. The van der Waals surface area contributed by atoms with E-state index in [0.717, 1.165) is 5.69 Å². The SMILES string of the molecule is CNC(=O)c1ccc(NC(=S)NC2CCCCC2)cc1. The molecule has 1 aromatic rings. The molecule has 1 aliphatic rings. The Morgan fingerprint density at radius 2 is 1.80 bits per heavy atom. The van der Waals surface area contributed by atoms with Crippen LogP contribution in [0.1, 0.15) is 42.5 Å². The summed E-state index contributed by atoms with van der Waals surface area (Å²) in [6, 6.07) is 7.78. The predicted molar refractivity (Wildman–Crippen MR) is 86.1 cm³/mol. The molecule has 1 fully saturated rings. The molecule has 1 aromatic carbocycles. The van der Waals surface area contributed by atoms with E-state index in [1.165, 1.54) is 32.1 Å². The van der Waals surface area contributed by atoms with E-state index in [9.17, 15) is 4.79 Å². The van der Waals surface area contributed by atoms with Gasteiger partial charge in [0.15, 0.2) is 5.11 Å². The molecule has 5 heteroatoms. The van der Waals surface area contributed by atoms with Crippen molar-refractivity contribution in [2.45, 2.75) is 38.1 Å². The minimum absolute atomic E-state index is 0.0838. The second-order valence-electron chi connectivity index (χ2n) is 5.09. The van der Waals surface area contributed by atoms with E-state index in [4.69, 9.17) is 12.2 Å². The molecule has 0 aromatic heterocycles. The summed E-state index contributed by atoms with van der Waals surface area (Å²) in [7, 11) is 1.62. The van der Waals surface area contributed by atoms with Gasteiger partial charge < -0.3 is 16.0 Å². The second kappa shape index (κ2) is 7.24. The number of hydrogen-bond acceptors (Lipinski definition) is 2. The largest absolute Gasteiger partial charge is 0.360 e. The fourth-order valence-electron chi connectivity index (χ4n) is 2.45. The molecule has 0 spiro atoms. The van der Waals surface area contributed by atoms with Gasteiger partial charge in [-0.2, -0.15) is 0 Å². The molecule has 0 heterocycles. The lowest BCUT2D eigenvalue weighted by atomic mass is 9.96. The zero-order valence-electron chi connectivity index (χ0n) is 11.7. The number of anilines is 1. The fourth-order valence-corrected chi connectivity index (χ4v) is 2.73. The molecule has 2 rings (SSSR count). The Bertz CT molecular complexity index is 467. The van der Waals surface area contributed by atoms with Crippen LogP contribution in [0, 0.1) is 0 Å². The maximum absolute atomic E-state index is 11.4. The van der Waals surface area contributed by atoms with E-state index in [2.05, 4.69) is 16.0 Å². The van der Waals surface area contributed by atoms with Crippen molar-refractivity contribution in [2.24, 2.45) is 0 Å². The summed E-state index contributed by atoms with van der Waals surface area (Å²) >= 11 is 5.32. The lowest BCUT2D eigenvalue weighted by Gasteiger charge is -2.24. The van der Waals surface area contributed by atoms with Crippen LogP contribution in [0.4, 0.5) is 5.69 Å². The first kappa shape index (κ1) is 14.8. The van der Waals surface area contributed by atoms with Gasteiger partial charge in [0.05, 0.1) is 0 Å². The first-order valence-corrected chi connectivity index (χ1v) is 7.49. The van der Waals surface area contributed by atoms with Gasteiger partial charge in [-0.3, -0.25) is 4.79 Å². The number of benzene rings is 1. The van der Waals surface area contributed by atoms with Crippen LogP contribution in [-0.2, 0) is 0 Å². The van der Waals surface area contributed by atoms with Crippen molar-refractivity contribution in [2.75, 3.05) is 12.4 Å². The van der Waals surface area contributed by atoms with Crippen molar-refractivity contribution in [1.29, 1.82) is 0 Å². The monoisotopic (exact) mass is 291 g/mol. The number of rotatable bonds is 3. The Kier molecular flexibility index (Phi) is 5.35. The summed E-state index contributed by atoms with van der Waals surface area (Å²) in [4.78, 5) is 11.4. The molecule has 1 saturated carbocycles. The van der Waals surface area contributed by atoms with Crippen molar-refractivity contribution in [3.8, 4) is 0 Å². The summed E-state index contributed by atoms with van der Waals surface area (Å²) in [5, 5.41) is 9.77. The molecule has 0 saturated heterocycles. The Hall–Kier alpha value is -1.62. The van der Waals surface area contributed by atoms with Gasteiger partial charge in [0.2, 0.25) is 0 Å². The number of thiocarbonyl (C=S) groups is 1. The molecule has 0 radical (unpaired) electrons. The highest BCUT2D eigenvalue weighted by Gasteiger charge is 2.13. The second-order valence-corrected chi connectivity index (χ2v) is 5.50. The molecule has 108 valence electrons. The van der Waals surface area contributed by atoms with Crippen molar-refractivity contribution >= 4 is 28.9 Å². The van der Waals surface area contributed by atoms with Gasteiger partial charge in [-0.15, -0.1) is 0 Å². The highest BCUT2D eigenvalue weighted by Crippen LogP contribution is 2.17. The number of hydrogen-bond donors (Lipinski definition) is 3. The minimum Gasteiger partial charge on any atom is -0.360 e. The maximum atomic E-state index is 11.4. The molecule has 0 aliphatic heterocycles. The lowest BCUT2D eigenvalue weighted by Crippen LogP contribution is -2.38. The summed E-state index contributed by atoms with van der Waals surface area (Å²) in [6.45, 7) is 0. The zero-order chi connectivity index (χ0) is 14.4. The van der Waals surface area contributed by atoms with E-state index >= 15 is 0 Å². The van der Waals surface area contributed by atoms with E-state index < -0.39 is 0 Å². The Labute approximate surface area is 125 Å². The zero-order valence-corrected chi connectivity index (χ0v) is 12.6. The number of nitrogens with one attached hydrogen (secondary N) is 3. The van der Waals surface area contributed by atoms with Gasteiger partial charge in [-0.05, 0) is 49.3 Å². The molecular formula is C15H21N3OS. The average molecular weight is 291 g/mol. The van der Waals surface area contributed by atoms with Crippen LogP contribution in [-0.4, -0.2) is 24.1 Å². The van der Waals surface area contributed by atoms with Crippen LogP contribution < -0.4 is 16.0 Å². The van der Waals surface area contributed by atoms with Crippen LogP contribution in [0.2, 0.25) is 0 Å². The fraction of sp³-hybridized carbons (Fsp3) is 0.467. The molecule has 20 heavy (non-hydrogen) atoms. The molecule has 0 unspecified atom stereocenters. The van der Waals surface area contributed by atoms with E-state index in [-0.39, 0.29) is 5.91 Å². The topological polar surface area (TPSA) is 53.2 Å². The summed E-state index contributed by atoms with van der Waals surface area (Å²) in [6.07, 6.45) is 6.27. The highest BCUT2D eigenvalue weighted by atomic mass is 32.1. The van der Waals surface area contributed by atoms with Crippen molar-refractivity contribution in [3.05, 3.63) is 29.8 Å². The first-order chi connectivity index (χ1) is 9.69. The maximum Gasteiger partial charge on any atom is 0.251 e. The summed E-state index contributed by atoms with van der Waals surface area (Å²) in [5.74, 6) is -0.0838. The van der Waals surface area contributed by atoms with Gasteiger partial charge in [0, 0.05) is 24.3 Å².